The minimum atomic E-state index is 0.137. The maximum Gasteiger partial charge on any atom is 0.0700 e. The second-order valence-electron chi connectivity index (χ2n) is 4.03. The van der Waals surface area contributed by atoms with Crippen LogP contribution >= 0.6 is 0 Å². The van der Waals surface area contributed by atoms with Crippen LogP contribution in [0.25, 0.3) is 0 Å². The number of rotatable bonds is 8. The van der Waals surface area contributed by atoms with Crippen LogP contribution in [0.5, 0.6) is 0 Å². The number of hydrogen-bond donors (Lipinski definition) is 2. The van der Waals surface area contributed by atoms with E-state index in [9.17, 15) is 0 Å². The van der Waals surface area contributed by atoms with Gasteiger partial charge in [0, 0.05) is 19.8 Å². The second-order valence-corrected chi connectivity index (χ2v) is 4.03. The van der Waals surface area contributed by atoms with Crippen LogP contribution in [0.1, 0.15) is 23.6 Å². The third kappa shape index (κ3) is 5.28. The second kappa shape index (κ2) is 8.20. The molecule has 0 aliphatic rings. The Morgan fingerprint density at radius 1 is 1.29 bits per heavy atom. The summed E-state index contributed by atoms with van der Waals surface area (Å²) in [6.07, 6.45) is 0.851. The van der Waals surface area contributed by atoms with Crippen molar-refractivity contribution >= 4 is 0 Å². The summed E-state index contributed by atoms with van der Waals surface area (Å²) < 4.78 is 10.3. The molecule has 0 aliphatic heterocycles. The van der Waals surface area contributed by atoms with Gasteiger partial charge in [0.25, 0.3) is 0 Å². The fraction of sp³-hybridized carbons (Fsp3) is 0.538. The zero-order chi connectivity index (χ0) is 12.5. The Bertz CT molecular complexity index is 318. The first-order valence-electron chi connectivity index (χ1n) is 5.87. The highest BCUT2D eigenvalue weighted by molar-refractivity contribution is 5.24. The third-order valence-corrected chi connectivity index (χ3v) is 2.63. The minimum absolute atomic E-state index is 0.137. The SMILES string of the molecule is COCCOCCC(NN)c1cccc(C)c1. The molecular weight excluding hydrogens is 216 g/mol. The smallest absolute Gasteiger partial charge is 0.0700 e. The lowest BCUT2D eigenvalue weighted by Crippen LogP contribution is -2.29. The van der Waals surface area contributed by atoms with Gasteiger partial charge in [0.1, 0.15) is 0 Å². The molecule has 1 aromatic carbocycles. The van der Waals surface area contributed by atoms with Crippen molar-refractivity contribution in [3.8, 4) is 0 Å². The number of nitrogens with two attached hydrogens (primary N) is 1. The Morgan fingerprint density at radius 2 is 2.12 bits per heavy atom. The molecule has 0 radical (unpaired) electrons. The van der Waals surface area contributed by atoms with Crippen molar-refractivity contribution in [2.45, 2.75) is 19.4 Å². The average molecular weight is 238 g/mol. The van der Waals surface area contributed by atoms with Crippen LogP contribution in [0.2, 0.25) is 0 Å². The molecule has 1 unspecified atom stereocenters. The lowest BCUT2D eigenvalue weighted by atomic mass is 10.0. The summed E-state index contributed by atoms with van der Waals surface area (Å²) in [4.78, 5) is 0. The summed E-state index contributed by atoms with van der Waals surface area (Å²) in [6.45, 7) is 4.01. The number of hydrogen-bond acceptors (Lipinski definition) is 4. The fourth-order valence-corrected chi connectivity index (χ4v) is 1.68. The highest BCUT2D eigenvalue weighted by Gasteiger charge is 2.09. The van der Waals surface area contributed by atoms with Crippen molar-refractivity contribution < 1.29 is 9.47 Å². The summed E-state index contributed by atoms with van der Waals surface area (Å²) in [7, 11) is 1.67. The molecule has 0 saturated heterocycles. The number of methoxy groups -OCH3 is 1. The number of aryl methyl sites for hydroxylation is 1. The van der Waals surface area contributed by atoms with Gasteiger partial charge in [-0.25, -0.2) is 0 Å². The van der Waals surface area contributed by atoms with Crippen molar-refractivity contribution in [3.05, 3.63) is 35.4 Å². The number of ether oxygens (including phenoxy) is 2. The summed E-state index contributed by atoms with van der Waals surface area (Å²) in [5.41, 5.74) is 5.26. The van der Waals surface area contributed by atoms with Crippen molar-refractivity contribution in [2.24, 2.45) is 5.84 Å². The van der Waals surface area contributed by atoms with Crippen LogP contribution in [0.4, 0.5) is 0 Å². The van der Waals surface area contributed by atoms with E-state index in [-0.39, 0.29) is 6.04 Å². The van der Waals surface area contributed by atoms with Gasteiger partial charge in [-0.05, 0) is 18.9 Å². The van der Waals surface area contributed by atoms with Gasteiger partial charge in [-0.3, -0.25) is 11.3 Å². The molecule has 0 bridgehead atoms. The molecule has 0 heterocycles. The normalized spacial score (nSPS) is 12.6. The van der Waals surface area contributed by atoms with Crippen LogP contribution in [-0.2, 0) is 9.47 Å². The van der Waals surface area contributed by atoms with E-state index in [2.05, 4.69) is 30.5 Å². The average Bonchev–Trinajstić information content (AvgIpc) is 2.34. The molecule has 1 aromatic rings. The third-order valence-electron chi connectivity index (χ3n) is 2.63. The predicted molar refractivity (Wildman–Crippen MR) is 68.6 cm³/mol. The largest absolute Gasteiger partial charge is 0.382 e. The Kier molecular flexibility index (Phi) is 6.81. The molecule has 96 valence electrons. The quantitative estimate of drug-likeness (QED) is 0.410. The maximum atomic E-state index is 5.57. The zero-order valence-electron chi connectivity index (χ0n) is 10.6. The molecule has 3 N–H and O–H groups in total. The highest BCUT2D eigenvalue weighted by Crippen LogP contribution is 2.16. The van der Waals surface area contributed by atoms with Gasteiger partial charge in [-0.1, -0.05) is 29.8 Å². The molecule has 4 heteroatoms. The van der Waals surface area contributed by atoms with Gasteiger partial charge in [0.15, 0.2) is 0 Å². The molecule has 0 aromatic heterocycles. The lowest BCUT2D eigenvalue weighted by molar-refractivity contribution is 0.0657. The summed E-state index contributed by atoms with van der Waals surface area (Å²) in [6, 6.07) is 8.47. The van der Waals surface area contributed by atoms with Gasteiger partial charge in [0.05, 0.1) is 13.2 Å². The molecule has 1 atom stereocenters. The molecule has 4 nitrogen and oxygen atoms in total. The topological polar surface area (TPSA) is 56.5 Å². The van der Waals surface area contributed by atoms with Gasteiger partial charge in [-0.15, -0.1) is 0 Å². The van der Waals surface area contributed by atoms with Gasteiger partial charge >= 0.3 is 0 Å². The first kappa shape index (κ1) is 14.1. The maximum absolute atomic E-state index is 5.57. The van der Waals surface area contributed by atoms with E-state index in [1.807, 2.05) is 6.07 Å². The zero-order valence-corrected chi connectivity index (χ0v) is 10.6. The summed E-state index contributed by atoms with van der Waals surface area (Å²) in [5, 5.41) is 0. The molecular formula is C13H22N2O2. The fourth-order valence-electron chi connectivity index (χ4n) is 1.68. The number of benzene rings is 1. The lowest BCUT2D eigenvalue weighted by Gasteiger charge is -2.16. The van der Waals surface area contributed by atoms with Gasteiger partial charge in [-0.2, -0.15) is 0 Å². The molecule has 1 rings (SSSR count). The standard InChI is InChI=1S/C13H22N2O2/c1-11-4-3-5-12(10-11)13(15-14)6-7-17-9-8-16-2/h3-5,10,13,15H,6-9,14H2,1-2H3. The van der Waals surface area contributed by atoms with E-state index in [1.165, 1.54) is 11.1 Å². The molecule has 0 aliphatic carbocycles. The predicted octanol–water partition coefficient (Wildman–Crippen LogP) is 1.55. The van der Waals surface area contributed by atoms with Crippen LogP contribution in [0, 0.1) is 6.92 Å². The summed E-state index contributed by atoms with van der Waals surface area (Å²) in [5.74, 6) is 5.57. The van der Waals surface area contributed by atoms with Crippen molar-refractivity contribution in [1.82, 2.24) is 5.43 Å². The van der Waals surface area contributed by atoms with Gasteiger partial charge in [0.2, 0.25) is 0 Å². The van der Waals surface area contributed by atoms with E-state index in [1.54, 1.807) is 7.11 Å². The number of hydrazine groups is 1. The van der Waals surface area contributed by atoms with Crippen molar-refractivity contribution in [3.63, 3.8) is 0 Å². The van der Waals surface area contributed by atoms with E-state index >= 15 is 0 Å². The first-order valence-corrected chi connectivity index (χ1v) is 5.87. The van der Waals surface area contributed by atoms with Crippen molar-refractivity contribution in [1.29, 1.82) is 0 Å². The van der Waals surface area contributed by atoms with Crippen molar-refractivity contribution in [2.75, 3.05) is 26.9 Å². The summed E-state index contributed by atoms with van der Waals surface area (Å²) >= 11 is 0. The first-order chi connectivity index (χ1) is 8.27. The van der Waals surface area contributed by atoms with Crippen LogP contribution in [0.3, 0.4) is 0 Å². The Balaban J connectivity index is 2.38. The minimum Gasteiger partial charge on any atom is -0.382 e. The van der Waals surface area contributed by atoms with Crippen LogP contribution in [-0.4, -0.2) is 26.9 Å². The Hall–Kier alpha value is -0.940. The van der Waals surface area contributed by atoms with Gasteiger partial charge < -0.3 is 9.47 Å². The molecule has 0 amide bonds. The highest BCUT2D eigenvalue weighted by atomic mass is 16.5. The van der Waals surface area contributed by atoms with Crippen LogP contribution < -0.4 is 11.3 Å². The molecule has 0 fully saturated rings. The van der Waals surface area contributed by atoms with Crippen LogP contribution in [0.15, 0.2) is 24.3 Å². The monoisotopic (exact) mass is 238 g/mol. The Morgan fingerprint density at radius 3 is 2.76 bits per heavy atom. The van der Waals surface area contributed by atoms with E-state index in [4.69, 9.17) is 15.3 Å². The number of nitrogens with one attached hydrogen (secondary N) is 1. The van der Waals surface area contributed by atoms with E-state index in [0.29, 0.717) is 19.8 Å². The molecule has 0 saturated carbocycles. The molecule has 0 spiro atoms. The van der Waals surface area contributed by atoms with E-state index < -0.39 is 0 Å². The molecule has 17 heavy (non-hydrogen) atoms. The Labute approximate surface area is 103 Å². The van der Waals surface area contributed by atoms with E-state index in [0.717, 1.165) is 6.42 Å².